The number of fused-ring (bicyclic) bond motifs is 3. The quantitative estimate of drug-likeness (QED) is 0.509. The fourth-order valence-corrected chi connectivity index (χ4v) is 4.18. The van der Waals surface area contributed by atoms with E-state index in [1.165, 1.54) is 0 Å². The van der Waals surface area contributed by atoms with Crippen molar-refractivity contribution in [3.8, 4) is 11.1 Å². The second-order valence-electron chi connectivity index (χ2n) is 7.90. The van der Waals surface area contributed by atoms with Gasteiger partial charge in [0.15, 0.2) is 6.10 Å². The van der Waals surface area contributed by atoms with Crippen molar-refractivity contribution in [2.75, 3.05) is 26.4 Å². The van der Waals surface area contributed by atoms with E-state index in [2.05, 4.69) is 10.6 Å². The van der Waals surface area contributed by atoms with Crippen molar-refractivity contribution in [3.63, 3.8) is 0 Å². The molecule has 2 amide bonds. The van der Waals surface area contributed by atoms with Crippen LogP contribution in [-0.2, 0) is 19.1 Å². The molecular formula is C23H24N2O7. The van der Waals surface area contributed by atoms with Crippen molar-refractivity contribution in [2.45, 2.75) is 24.0 Å². The second-order valence-corrected chi connectivity index (χ2v) is 7.90. The highest BCUT2D eigenvalue weighted by Crippen LogP contribution is 2.44. The number of ether oxygens (including phenoxy) is 2. The minimum Gasteiger partial charge on any atom is -0.479 e. The summed E-state index contributed by atoms with van der Waals surface area (Å²) in [7, 11) is 0. The third-order valence-corrected chi connectivity index (χ3v) is 5.88. The molecule has 0 bridgehead atoms. The number of nitrogens with one attached hydrogen (secondary N) is 2. The molecule has 2 aliphatic rings. The third kappa shape index (κ3) is 4.17. The average molecular weight is 440 g/mol. The number of carbonyl (C=O) groups is 3. The number of carboxylic acid groups (broad SMARTS) is 1. The van der Waals surface area contributed by atoms with Crippen LogP contribution in [0, 0.1) is 0 Å². The van der Waals surface area contributed by atoms with Gasteiger partial charge in [-0.15, -0.1) is 0 Å². The van der Waals surface area contributed by atoms with Gasteiger partial charge in [0.25, 0.3) is 0 Å². The highest BCUT2D eigenvalue weighted by molar-refractivity contribution is 5.91. The van der Waals surface area contributed by atoms with Crippen molar-refractivity contribution in [1.29, 1.82) is 0 Å². The summed E-state index contributed by atoms with van der Waals surface area (Å²) in [5.41, 5.74) is 2.96. The Morgan fingerprint density at radius 1 is 1.09 bits per heavy atom. The maximum Gasteiger partial charge on any atom is 0.408 e. The molecule has 2 atom stereocenters. The van der Waals surface area contributed by atoms with E-state index in [-0.39, 0.29) is 32.2 Å². The predicted octanol–water partition coefficient (Wildman–Crippen LogP) is 1.25. The number of rotatable bonds is 7. The molecule has 2 unspecified atom stereocenters. The van der Waals surface area contributed by atoms with Crippen LogP contribution in [0.4, 0.5) is 4.79 Å². The number of aliphatic carboxylic acids is 1. The van der Waals surface area contributed by atoms with Crippen LogP contribution in [-0.4, -0.2) is 66.2 Å². The molecule has 1 aliphatic carbocycles. The largest absolute Gasteiger partial charge is 0.479 e. The van der Waals surface area contributed by atoms with Gasteiger partial charge in [-0.25, -0.2) is 9.59 Å². The van der Waals surface area contributed by atoms with Crippen molar-refractivity contribution < 1.29 is 34.1 Å². The van der Waals surface area contributed by atoms with Crippen LogP contribution >= 0.6 is 0 Å². The smallest absolute Gasteiger partial charge is 0.408 e. The molecule has 0 aromatic heterocycles. The van der Waals surface area contributed by atoms with Gasteiger partial charge in [-0.05, 0) is 22.3 Å². The van der Waals surface area contributed by atoms with E-state index in [4.69, 9.17) is 14.6 Å². The van der Waals surface area contributed by atoms with Gasteiger partial charge in [0.2, 0.25) is 5.91 Å². The summed E-state index contributed by atoms with van der Waals surface area (Å²) in [4.78, 5) is 36.0. The fourth-order valence-electron chi connectivity index (χ4n) is 4.18. The Kier molecular flexibility index (Phi) is 6.11. The van der Waals surface area contributed by atoms with Gasteiger partial charge < -0.3 is 30.3 Å². The number of aliphatic hydroxyl groups is 1. The van der Waals surface area contributed by atoms with Gasteiger partial charge in [0.05, 0.1) is 13.2 Å². The molecule has 1 fully saturated rings. The summed E-state index contributed by atoms with van der Waals surface area (Å²) in [6.07, 6.45) is -2.31. The minimum atomic E-state index is -1.74. The maximum atomic E-state index is 12.7. The van der Waals surface area contributed by atoms with E-state index in [0.717, 1.165) is 22.3 Å². The van der Waals surface area contributed by atoms with Crippen LogP contribution in [0.3, 0.4) is 0 Å². The first-order valence-corrected chi connectivity index (χ1v) is 10.3. The summed E-state index contributed by atoms with van der Waals surface area (Å²) >= 11 is 0. The maximum absolute atomic E-state index is 12.7. The Balaban J connectivity index is 1.42. The monoisotopic (exact) mass is 440 g/mol. The normalized spacial score (nSPS) is 20.2. The van der Waals surface area contributed by atoms with Gasteiger partial charge in [-0.3, -0.25) is 4.79 Å². The molecule has 0 radical (unpaired) electrons. The standard InChI is InChI=1S/C23H24N2O7/c26-19(20(27)28)11-24-21(29)23(9-10-31-13-23)25-22(30)32-12-18-16-7-3-1-5-14(16)15-6-2-4-8-17(15)18/h1-8,18-19,26H,9-13H2,(H,24,29)(H,25,30)(H,27,28). The molecule has 2 aromatic rings. The molecular weight excluding hydrogens is 416 g/mol. The van der Waals surface area contributed by atoms with Gasteiger partial charge in [0, 0.05) is 18.9 Å². The summed E-state index contributed by atoms with van der Waals surface area (Å²) in [5, 5.41) is 23.1. The lowest BCUT2D eigenvalue weighted by atomic mass is 9.97. The van der Waals surface area contributed by atoms with Crippen LogP contribution < -0.4 is 10.6 Å². The van der Waals surface area contributed by atoms with Gasteiger partial charge in [-0.2, -0.15) is 0 Å². The van der Waals surface area contributed by atoms with Crippen molar-refractivity contribution in [3.05, 3.63) is 59.7 Å². The first-order valence-electron chi connectivity index (χ1n) is 10.3. The van der Waals surface area contributed by atoms with Gasteiger partial charge >= 0.3 is 12.1 Å². The lowest BCUT2D eigenvalue weighted by Gasteiger charge is -2.27. The number of aliphatic hydroxyl groups excluding tert-OH is 1. The molecule has 32 heavy (non-hydrogen) atoms. The fraction of sp³-hybridized carbons (Fsp3) is 0.348. The zero-order valence-corrected chi connectivity index (χ0v) is 17.2. The van der Waals surface area contributed by atoms with Gasteiger partial charge in [-0.1, -0.05) is 48.5 Å². The van der Waals surface area contributed by atoms with Crippen molar-refractivity contribution >= 4 is 18.0 Å². The number of carboxylic acids is 1. The lowest BCUT2D eigenvalue weighted by molar-refractivity contribution is -0.146. The second kappa shape index (κ2) is 8.97. The van der Waals surface area contributed by atoms with Crippen LogP contribution in [0.15, 0.2) is 48.5 Å². The molecule has 168 valence electrons. The minimum absolute atomic E-state index is 0.0772. The number of hydrogen-bond donors (Lipinski definition) is 4. The Morgan fingerprint density at radius 2 is 1.72 bits per heavy atom. The summed E-state index contributed by atoms with van der Waals surface area (Å²) < 4.78 is 10.8. The first-order chi connectivity index (χ1) is 15.4. The van der Waals surface area contributed by atoms with Crippen molar-refractivity contribution in [2.24, 2.45) is 0 Å². The van der Waals surface area contributed by atoms with Crippen molar-refractivity contribution in [1.82, 2.24) is 10.6 Å². The Labute approximate surface area is 184 Å². The zero-order valence-electron chi connectivity index (χ0n) is 17.2. The van der Waals surface area contributed by atoms with E-state index in [1.54, 1.807) is 0 Å². The average Bonchev–Trinajstić information content (AvgIpc) is 3.39. The Morgan fingerprint density at radius 3 is 2.28 bits per heavy atom. The molecule has 9 nitrogen and oxygen atoms in total. The number of carbonyl (C=O) groups excluding carboxylic acids is 2. The molecule has 4 N–H and O–H groups in total. The SMILES string of the molecule is O=C(NC1(C(=O)NCC(O)C(=O)O)CCOC1)OCC1c2ccccc2-c2ccccc21. The molecule has 1 saturated heterocycles. The number of alkyl carbamates (subject to hydrolysis) is 1. The van der Waals surface area contributed by atoms with Crippen LogP contribution in [0.2, 0.25) is 0 Å². The lowest BCUT2D eigenvalue weighted by Crippen LogP contribution is -2.60. The van der Waals surface area contributed by atoms with E-state index < -0.39 is 36.2 Å². The van der Waals surface area contributed by atoms with E-state index >= 15 is 0 Å². The predicted molar refractivity (Wildman–Crippen MR) is 113 cm³/mol. The highest BCUT2D eigenvalue weighted by Gasteiger charge is 2.44. The molecule has 0 spiro atoms. The van der Waals surface area contributed by atoms with Crippen LogP contribution in [0.1, 0.15) is 23.5 Å². The summed E-state index contributed by atoms with van der Waals surface area (Å²) in [6, 6.07) is 15.9. The van der Waals surface area contributed by atoms with Crippen LogP contribution in [0.25, 0.3) is 11.1 Å². The molecule has 1 aliphatic heterocycles. The van der Waals surface area contributed by atoms with Crippen LogP contribution in [0.5, 0.6) is 0 Å². The molecule has 4 rings (SSSR count). The highest BCUT2D eigenvalue weighted by atomic mass is 16.6. The number of benzene rings is 2. The molecule has 2 aromatic carbocycles. The Hall–Kier alpha value is -3.43. The van der Waals surface area contributed by atoms with E-state index in [9.17, 15) is 19.5 Å². The van der Waals surface area contributed by atoms with E-state index in [0.29, 0.717) is 0 Å². The molecule has 9 heteroatoms. The Bertz CT molecular complexity index is 987. The topological polar surface area (TPSA) is 134 Å². The van der Waals surface area contributed by atoms with Gasteiger partial charge in [0.1, 0.15) is 12.1 Å². The van der Waals surface area contributed by atoms with E-state index in [1.807, 2.05) is 48.5 Å². The first kappa shape index (κ1) is 21.8. The molecule has 0 saturated carbocycles. The number of amides is 2. The summed E-state index contributed by atoms with van der Waals surface area (Å²) in [6.45, 7) is -0.219. The molecule has 1 heterocycles. The third-order valence-electron chi connectivity index (χ3n) is 5.88. The zero-order chi connectivity index (χ0) is 22.7. The number of hydrogen-bond acceptors (Lipinski definition) is 6. The summed E-state index contributed by atoms with van der Waals surface area (Å²) in [5.74, 6) is -2.21.